The number of nitrogens with zero attached hydrogens (tertiary/aromatic N) is 3. The van der Waals surface area contributed by atoms with Crippen LogP contribution in [0.4, 0.5) is 0 Å². The van der Waals surface area contributed by atoms with Gasteiger partial charge in [-0.15, -0.1) is 0 Å². The summed E-state index contributed by atoms with van der Waals surface area (Å²) in [5.74, 6) is 1.93. The van der Waals surface area contributed by atoms with Crippen LogP contribution in [0.25, 0.3) is 10.8 Å². The maximum Gasteiger partial charge on any atom is 0.260 e. The molecule has 0 aliphatic carbocycles. The van der Waals surface area contributed by atoms with Crippen molar-refractivity contribution >= 4 is 16.7 Å². The summed E-state index contributed by atoms with van der Waals surface area (Å²) in [5, 5.41) is 2.25. The smallest absolute Gasteiger partial charge is 0.260 e. The third-order valence-corrected chi connectivity index (χ3v) is 5.04. The Morgan fingerprint density at radius 1 is 1.10 bits per heavy atom. The molecule has 1 unspecified atom stereocenters. The summed E-state index contributed by atoms with van der Waals surface area (Å²) < 4.78 is 11.8. The van der Waals surface area contributed by atoms with Crippen LogP contribution in [-0.4, -0.2) is 46.6 Å². The van der Waals surface area contributed by atoms with Crippen LogP contribution >= 0.6 is 0 Å². The van der Waals surface area contributed by atoms with Gasteiger partial charge in [-0.25, -0.2) is 4.98 Å². The van der Waals surface area contributed by atoms with Gasteiger partial charge in [0.25, 0.3) is 5.91 Å². The van der Waals surface area contributed by atoms with Gasteiger partial charge in [0.1, 0.15) is 17.7 Å². The van der Waals surface area contributed by atoms with Crippen molar-refractivity contribution in [3.8, 4) is 11.6 Å². The van der Waals surface area contributed by atoms with E-state index in [1.807, 2.05) is 61.2 Å². The minimum absolute atomic E-state index is 0.0246. The molecule has 3 aromatic rings. The maximum atomic E-state index is 12.7. The van der Waals surface area contributed by atoms with Crippen molar-refractivity contribution in [2.45, 2.75) is 32.8 Å². The molecule has 0 spiro atoms. The van der Waals surface area contributed by atoms with Crippen molar-refractivity contribution in [1.29, 1.82) is 0 Å². The van der Waals surface area contributed by atoms with Crippen molar-refractivity contribution < 1.29 is 14.3 Å². The predicted octanol–water partition coefficient (Wildman–Crippen LogP) is 3.70. The van der Waals surface area contributed by atoms with E-state index in [0.29, 0.717) is 24.0 Å². The Kier molecular flexibility index (Phi) is 5.60. The molecule has 4 rings (SSSR count). The molecular weight excluding hydrogens is 366 g/mol. The Labute approximate surface area is 170 Å². The number of aromatic nitrogens is 2. The van der Waals surface area contributed by atoms with Crippen LogP contribution in [0.5, 0.6) is 11.6 Å². The van der Waals surface area contributed by atoms with E-state index in [1.54, 1.807) is 0 Å². The standard InChI is InChI=1S/C23H25N3O3/c1-16-12-22(25-17(2)24-16)29-21-8-5-11-26(14-21)23(27)15-28-20-10-9-18-6-3-4-7-19(18)13-20/h3-4,6-7,9-10,12-13,21H,5,8,11,14-15H2,1-2H3. The molecule has 1 atom stereocenters. The molecule has 6 heteroatoms. The van der Waals surface area contributed by atoms with Gasteiger partial charge in [0.05, 0.1) is 6.54 Å². The van der Waals surface area contributed by atoms with E-state index in [4.69, 9.17) is 9.47 Å². The first-order valence-corrected chi connectivity index (χ1v) is 9.95. The van der Waals surface area contributed by atoms with Gasteiger partial charge in [-0.1, -0.05) is 30.3 Å². The highest BCUT2D eigenvalue weighted by atomic mass is 16.5. The zero-order valence-corrected chi connectivity index (χ0v) is 16.8. The number of amides is 1. The van der Waals surface area contributed by atoms with E-state index < -0.39 is 0 Å². The van der Waals surface area contributed by atoms with E-state index in [1.165, 1.54) is 0 Å². The first kappa shape index (κ1) is 19.2. The van der Waals surface area contributed by atoms with E-state index in [-0.39, 0.29) is 18.6 Å². The summed E-state index contributed by atoms with van der Waals surface area (Å²) in [6.45, 7) is 5.06. The first-order valence-electron chi connectivity index (χ1n) is 9.95. The van der Waals surface area contributed by atoms with Crippen LogP contribution in [0.3, 0.4) is 0 Å². The summed E-state index contributed by atoms with van der Waals surface area (Å²) >= 11 is 0. The average Bonchev–Trinajstić information content (AvgIpc) is 2.71. The van der Waals surface area contributed by atoms with E-state index >= 15 is 0 Å². The van der Waals surface area contributed by atoms with Crippen molar-refractivity contribution in [2.24, 2.45) is 0 Å². The Bertz CT molecular complexity index is 1000. The highest BCUT2D eigenvalue weighted by Crippen LogP contribution is 2.21. The van der Waals surface area contributed by atoms with Crippen molar-refractivity contribution in [3.63, 3.8) is 0 Å². The predicted molar refractivity (Wildman–Crippen MR) is 111 cm³/mol. The molecule has 1 saturated heterocycles. The fourth-order valence-corrected chi connectivity index (χ4v) is 3.67. The molecular formula is C23H25N3O3. The monoisotopic (exact) mass is 391 g/mol. The second-order valence-electron chi connectivity index (χ2n) is 7.41. The summed E-state index contributed by atoms with van der Waals surface area (Å²) in [7, 11) is 0. The third kappa shape index (κ3) is 4.83. The van der Waals surface area contributed by atoms with Gasteiger partial charge in [-0.05, 0) is 49.6 Å². The normalized spacial score (nSPS) is 16.6. The third-order valence-electron chi connectivity index (χ3n) is 5.04. The highest BCUT2D eigenvalue weighted by Gasteiger charge is 2.25. The molecule has 1 aromatic heterocycles. The minimum Gasteiger partial charge on any atom is -0.484 e. The summed E-state index contributed by atoms with van der Waals surface area (Å²) in [6, 6.07) is 15.8. The van der Waals surface area contributed by atoms with Gasteiger partial charge >= 0.3 is 0 Å². The Morgan fingerprint density at radius 3 is 2.76 bits per heavy atom. The molecule has 150 valence electrons. The van der Waals surface area contributed by atoms with Gasteiger partial charge in [0.15, 0.2) is 6.61 Å². The number of likely N-dealkylation sites (tertiary alicyclic amines) is 1. The van der Waals surface area contributed by atoms with E-state index in [9.17, 15) is 4.79 Å². The van der Waals surface area contributed by atoms with Gasteiger partial charge in [-0.3, -0.25) is 4.79 Å². The number of carbonyl (C=O) groups is 1. The number of aryl methyl sites for hydroxylation is 2. The molecule has 0 bridgehead atoms. The fraction of sp³-hybridized carbons (Fsp3) is 0.348. The topological polar surface area (TPSA) is 64.5 Å². The molecule has 0 radical (unpaired) electrons. The molecule has 0 N–H and O–H groups in total. The number of carbonyl (C=O) groups excluding carboxylic acids is 1. The Hall–Kier alpha value is -3.15. The molecule has 1 aliphatic rings. The lowest BCUT2D eigenvalue weighted by Gasteiger charge is -2.32. The number of benzene rings is 2. The van der Waals surface area contributed by atoms with E-state index in [2.05, 4.69) is 16.0 Å². The molecule has 2 heterocycles. The van der Waals surface area contributed by atoms with Crippen molar-refractivity contribution in [2.75, 3.05) is 19.7 Å². The van der Waals surface area contributed by atoms with Gasteiger partial charge in [0.2, 0.25) is 5.88 Å². The lowest BCUT2D eigenvalue weighted by Crippen LogP contribution is -2.46. The zero-order chi connectivity index (χ0) is 20.2. The SMILES string of the molecule is Cc1cc(OC2CCCN(C(=O)COc3ccc4ccccc4c3)C2)nc(C)n1. The molecule has 29 heavy (non-hydrogen) atoms. The minimum atomic E-state index is -0.0675. The molecule has 0 saturated carbocycles. The average molecular weight is 391 g/mol. The molecule has 2 aromatic carbocycles. The number of rotatable bonds is 5. The Morgan fingerprint density at radius 2 is 1.93 bits per heavy atom. The summed E-state index contributed by atoms with van der Waals surface area (Å²) in [6.07, 6.45) is 1.73. The van der Waals surface area contributed by atoms with Crippen LogP contribution in [-0.2, 0) is 4.79 Å². The largest absolute Gasteiger partial charge is 0.484 e. The lowest BCUT2D eigenvalue weighted by molar-refractivity contribution is -0.136. The second kappa shape index (κ2) is 8.47. The van der Waals surface area contributed by atoms with Crippen LogP contribution in [0.2, 0.25) is 0 Å². The lowest BCUT2D eigenvalue weighted by atomic mass is 10.1. The number of fused-ring (bicyclic) bond motifs is 1. The van der Waals surface area contributed by atoms with Crippen LogP contribution < -0.4 is 9.47 Å². The summed E-state index contributed by atoms with van der Waals surface area (Å²) in [4.78, 5) is 23.1. The number of hydrogen-bond acceptors (Lipinski definition) is 5. The quantitative estimate of drug-likeness (QED) is 0.664. The number of piperidine rings is 1. The molecule has 1 aliphatic heterocycles. The number of hydrogen-bond donors (Lipinski definition) is 0. The maximum absolute atomic E-state index is 12.7. The first-order chi connectivity index (χ1) is 14.1. The molecule has 1 fully saturated rings. The fourth-order valence-electron chi connectivity index (χ4n) is 3.67. The molecule has 6 nitrogen and oxygen atoms in total. The highest BCUT2D eigenvalue weighted by molar-refractivity contribution is 5.84. The van der Waals surface area contributed by atoms with Gasteiger partial charge < -0.3 is 14.4 Å². The van der Waals surface area contributed by atoms with Crippen molar-refractivity contribution in [3.05, 3.63) is 60.0 Å². The van der Waals surface area contributed by atoms with Crippen LogP contribution in [0.15, 0.2) is 48.5 Å². The van der Waals surface area contributed by atoms with E-state index in [0.717, 1.165) is 35.9 Å². The number of ether oxygens (including phenoxy) is 2. The summed E-state index contributed by atoms with van der Waals surface area (Å²) in [5.41, 5.74) is 0.875. The van der Waals surface area contributed by atoms with Crippen LogP contribution in [0, 0.1) is 13.8 Å². The zero-order valence-electron chi connectivity index (χ0n) is 16.8. The van der Waals surface area contributed by atoms with Gasteiger partial charge in [-0.2, -0.15) is 4.98 Å². The van der Waals surface area contributed by atoms with Crippen LogP contribution in [0.1, 0.15) is 24.4 Å². The molecule has 1 amide bonds. The second-order valence-corrected chi connectivity index (χ2v) is 7.41. The van der Waals surface area contributed by atoms with Gasteiger partial charge in [0, 0.05) is 18.3 Å². The van der Waals surface area contributed by atoms with Crippen molar-refractivity contribution in [1.82, 2.24) is 14.9 Å². The Balaban J connectivity index is 1.34.